The SMILES string of the molecule is COC(=O)N1c2ccccc2C=C(NC(C)=O)C1C#N. The molecule has 1 aliphatic rings. The van der Waals surface area contributed by atoms with Gasteiger partial charge in [0.15, 0.2) is 6.04 Å². The minimum atomic E-state index is -0.929. The zero-order chi connectivity index (χ0) is 14.7. The highest BCUT2D eigenvalue weighted by Crippen LogP contribution is 2.32. The summed E-state index contributed by atoms with van der Waals surface area (Å²) in [4.78, 5) is 24.4. The Hall–Kier alpha value is -2.81. The van der Waals surface area contributed by atoms with Gasteiger partial charge in [-0.15, -0.1) is 0 Å². The molecule has 2 amide bonds. The van der Waals surface area contributed by atoms with Crippen LogP contribution in [0.4, 0.5) is 10.5 Å². The Morgan fingerprint density at radius 2 is 2.10 bits per heavy atom. The van der Waals surface area contributed by atoms with E-state index in [9.17, 15) is 14.9 Å². The molecule has 0 aromatic heterocycles. The fourth-order valence-corrected chi connectivity index (χ4v) is 2.09. The van der Waals surface area contributed by atoms with Crippen LogP contribution in [0.25, 0.3) is 6.08 Å². The number of anilines is 1. The van der Waals surface area contributed by atoms with Gasteiger partial charge in [0, 0.05) is 12.5 Å². The zero-order valence-electron chi connectivity index (χ0n) is 11.1. The molecule has 1 aliphatic heterocycles. The Morgan fingerprint density at radius 1 is 1.40 bits per heavy atom. The molecule has 1 aromatic rings. The lowest BCUT2D eigenvalue weighted by atomic mass is 10.0. The van der Waals surface area contributed by atoms with Gasteiger partial charge >= 0.3 is 6.09 Å². The summed E-state index contributed by atoms with van der Waals surface area (Å²) in [6.07, 6.45) is 1.03. The number of fused-ring (bicyclic) bond motifs is 1. The van der Waals surface area contributed by atoms with Crippen LogP contribution >= 0.6 is 0 Å². The Labute approximate surface area is 116 Å². The number of para-hydroxylation sites is 1. The van der Waals surface area contributed by atoms with Gasteiger partial charge in [-0.25, -0.2) is 4.79 Å². The number of nitriles is 1. The standard InChI is InChI=1S/C14H13N3O3/c1-9(18)16-11-7-10-5-3-4-6-12(10)17(13(11)8-15)14(19)20-2/h3-7,13H,1-2H3,(H,16,18). The summed E-state index contributed by atoms with van der Waals surface area (Å²) in [7, 11) is 1.25. The number of methoxy groups -OCH3 is 1. The highest BCUT2D eigenvalue weighted by molar-refractivity contribution is 5.96. The van der Waals surface area contributed by atoms with E-state index in [0.717, 1.165) is 5.56 Å². The molecule has 6 nitrogen and oxygen atoms in total. The number of ether oxygens (including phenoxy) is 1. The van der Waals surface area contributed by atoms with Crippen LogP contribution in [0.2, 0.25) is 0 Å². The maximum atomic E-state index is 11.9. The second-order valence-corrected chi connectivity index (χ2v) is 4.21. The summed E-state index contributed by atoms with van der Waals surface area (Å²) >= 11 is 0. The first-order valence-corrected chi connectivity index (χ1v) is 5.93. The minimum Gasteiger partial charge on any atom is -0.452 e. The van der Waals surface area contributed by atoms with E-state index in [1.54, 1.807) is 24.3 Å². The normalized spacial score (nSPS) is 16.6. The number of amides is 2. The van der Waals surface area contributed by atoms with Crippen LogP contribution in [0.3, 0.4) is 0 Å². The van der Waals surface area contributed by atoms with E-state index in [1.165, 1.54) is 18.9 Å². The van der Waals surface area contributed by atoms with Crippen molar-refractivity contribution in [3.05, 3.63) is 35.5 Å². The molecule has 0 radical (unpaired) electrons. The van der Waals surface area contributed by atoms with Crippen molar-refractivity contribution in [2.45, 2.75) is 13.0 Å². The van der Waals surface area contributed by atoms with Crippen LogP contribution in [-0.4, -0.2) is 25.2 Å². The number of carbonyl (C=O) groups is 2. The second-order valence-electron chi connectivity index (χ2n) is 4.21. The maximum Gasteiger partial charge on any atom is 0.415 e. The van der Waals surface area contributed by atoms with Gasteiger partial charge < -0.3 is 10.1 Å². The molecule has 0 saturated heterocycles. The number of rotatable bonds is 1. The highest BCUT2D eigenvalue weighted by Gasteiger charge is 2.34. The Kier molecular flexibility index (Phi) is 3.71. The van der Waals surface area contributed by atoms with Gasteiger partial charge in [0.1, 0.15) is 0 Å². The third kappa shape index (κ3) is 2.34. The molecule has 1 atom stereocenters. The lowest BCUT2D eigenvalue weighted by Crippen LogP contribution is -2.46. The summed E-state index contributed by atoms with van der Waals surface area (Å²) in [5.74, 6) is -0.305. The monoisotopic (exact) mass is 271 g/mol. The van der Waals surface area contributed by atoms with Crippen LogP contribution in [0.15, 0.2) is 30.0 Å². The molecule has 1 N–H and O–H groups in total. The van der Waals surface area contributed by atoms with E-state index in [0.29, 0.717) is 11.4 Å². The molecule has 0 saturated carbocycles. The smallest absolute Gasteiger partial charge is 0.415 e. The highest BCUT2D eigenvalue weighted by atomic mass is 16.5. The van der Waals surface area contributed by atoms with E-state index in [2.05, 4.69) is 5.32 Å². The summed E-state index contributed by atoms with van der Waals surface area (Å²) in [5, 5.41) is 11.9. The van der Waals surface area contributed by atoms with Crippen LogP contribution in [-0.2, 0) is 9.53 Å². The van der Waals surface area contributed by atoms with E-state index in [-0.39, 0.29) is 5.91 Å². The van der Waals surface area contributed by atoms with Crippen molar-refractivity contribution in [1.82, 2.24) is 5.32 Å². The maximum absolute atomic E-state index is 11.9. The van der Waals surface area contributed by atoms with E-state index in [1.807, 2.05) is 12.1 Å². The molecular formula is C14H13N3O3. The van der Waals surface area contributed by atoms with Crippen molar-refractivity contribution >= 4 is 23.8 Å². The summed E-state index contributed by atoms with van der Waals surface area (Å²) in [6, 6.07) is 8.16. The van der Waals surface area contributed by atoms with Gasteiger partial charge in [0.2, 0.25) is 5.91 Å². The first kappa shape index (κ1) is 13.6. The number of carbonyl (C=O) groups excluding carboxylic acids is 2. The number of hydrogen-bond acceptors (Lipinski definition) is 4. The van der Waals surface area contributed by atoms with Gasteiger partial charge in [0.05, 0.1) is 24.6 Å². The summed E-state index contributed by atoms with van der Waals surface area (Å²) < 4.78 is 4.73. The topological polar surface area (TPSA) is 82.4 Å². The van der Waals surface area contributed by atoms with Crippen LogP contribution in [0.1, 0.15) is 12.5 Å². The van der Waals surface area contributed by atoms with E-state index < -0.39 is 12.1 Å². The van der Waals surface area contributed by atoms with E-state index >= 15 is 0 Å². The van der Waals surface area contributed by atoms with Crippen molar-refractivity contribution in [2.75, 3.05) is 12.0 Å². The molecule has 0 bridgehead atoms. The largest absolute Gasteiger partial charge is 0.452 e. The molecule has 1 aromatic carbocycles. The van der Waals surface area contributed by atoms with Crippen molar-refractivity contribution in [2.24, 2.45) is 0 Å². The van der Waals surface area contributed by atoms with Crippen LogP contribution in [0, 0.1) is 11.3 Å². The number of benzene rings is 1. The van der Waals surface area contributed by atoms with E-state index in [4.69, 9.17) is 4.74 Å². The summed E-state index contributed by atoms with van der Waals surface area (Å²) in [5.41, 5.74) is 1.65. The predicted molar refractivity (Wildman–Crippen MR) is 72.5 cm³/mol. The lowest BCUT2D eigenvalue weighted by Gasteiger charge is -2.32. The lowest BCUT2D eigenvalue weighted by molar-refractivity contribution is -0.118. The van der Waals surface area contributed by atoms with Gasteiger partial charge in [0.25, 0.3) is 0 Å². The van der Waals surface area contributed by atoms with Crippen molar-refractivity contribution in [3.8, 4) is 6.07 Å². The average Bonchev–Trinajstić information content (AvgIpc) is 2.44. The first-order valence-electron chi connectivity index (χ1n) is 5.93. The molecule has 0 fully saturated rings. The molecule has 1 heterocycles. The van der Waals surface area contributed by atoms with Gasteiger partial charge in [-0.3, -0.25) is 9.69 Å². The molecule has 20 heavy (non-hydrogen) atoms. The third-order valence-corrected chi connectivity index (χ3v) is 2.87. The van der Waals surface area contributed by atoms with Gasteiger partial charge in [-0.2, -0.15) is 5.26 Å². The molecule has 102 valence electrons. The Morgan fingerprint density at radius 3 is 2.70 bits per heavy atom. The fourth-order valence-electron chi connectivity index (χ4n) is 2.09. The zero-order valence-corrected chi connectivity index (χ0v) is 11.1. The average molecular weight is 271 g/mol. The minimum absolute atomic E-state index is 0.305. The first-order chi connectivity index (χ1) is 9.58. The number of hydrogen-bond donors (Lipinski definition) is 1. The number of nitrogens with one attached hydrogen (secondary N) is 1. The third-order valence-electron chi connectivity index (χ3n) is 2.87. The summed E-state index contributed by atoms with van der Waals surface area (Å²) in [6.45, 7) is 1.35. The van der Waals surface area contributed by atoms with Crippen LogP contribution < -0.4 is 10.2 Å². The van der Waals surface area contributed by atoms with Crippen molar-refractivity contribution < 1.29 is 14.3 Å². The predicted octanol–water partition coefficient (Wildman–Crippen LogP) is 1.64. The molecule has 1 unspecified atom stereocenters. The molecular weight excluding hydrogens is 258 g/mol. The van der Waals surface area contributed by atoms with Crippen molar-refractivity contribution in [1.29, 1.82) is 5.26 Å². The quantitative estimate of drug-likeness (QED) is 0.841. The number of nitrogens with zero attached hydrogens (tertiary/aromatic N) is 2. The molecule has 6 heteroatoms. The molecule has 0 spiro atoms. The molecule has 0 aliphatic carbocycles. The second kappa shape index (κ2) is 5.45. The molecule has 2 rings (SSSR count). The Balaban J connectivity index is 2.57. The van der Waals surface area contributed by atoms with Crippen LogP contribution in [0.5, 0.6) is 0 Å². The Bertz CT molecular complexity index is 631. The van der Waals surface area contributed by atoms with Gasteiger partial charge in [-0.1, -0.05) is 18.2 Å². The van der Waals surface area contributed by atoms with Gasteiger partial charge in [-0.05, 0) is 12.1 Å². The fraction of sp³-hybridized carbons (Fsp3) is 0.214. The van der Waals surface area contributed by atoms with Crippen molar-refractivity contribution in [3.63, 3.8) is 0 Å².